The maximum atomic E-state index is 12.6. The molecule has 0 fully saturated rings. The SMILES string of the molecule is CCOC(=O)Cc1csc(CC(=O)CSc2nnc(-c3cccnc3)n2Cc2ccco2)n1. The Morgan fingerprint density at radius 2 is 2.12 bits per heavy atom. The van der Waals surface area contributed by atoms with Crippen LogP contribution in [0.3, 0.4) is 0 Å². The largest absolute Gasteiger partial charge is 0.467 e. The van der Waals surface area contributed by atoms with Crippen LogP contribution in [0.1, 0.15) is 23.4 Å². The molecule has 4 heterocycles. The zero-order valence-electron chi connectivity index (χ0n) is 17.8. The van der Waals surface area contributed by atoms with Gasteiger partial charge in [-0.15, -0.1) is 21.5 Å². The fraction of sp³-hybridized carbons (Fsp3) is 0.273. The number of hydrogen-bond acceptors (Lipinski definition) is 10. The van der Waals surface area contributed by atoms with Gasteiger partial charge in [0, 0.05) is 23.3 Å². The van der Waals surface area contributed by atoms with Gasteiger partial charge < -0.3 is 9.15 Å². The predicted octanol–water partition coefficient (Wildman–Crippen LogP) is 3.45. The number of pyridine rings is 1. The Morgan fingerprint density at radius 1 is 1.21 bits per heavy atom. The molecule has 9 nitrogen and oxygen atoms in total. The van der Waals surface area contributed by atoms with Crippen molar-refractivity contribution in [3.63, 3.8) is 0 Å². The van der Waals surface area contributed by atoms with E-state index in [2.05, 4.69) is 20.2 Å². The summed E-state index contributed by atoms with van der Waals surface area (Å²) in [7, 11) is 0. The van der Waals surface area contributed by atoms with Gasteiger partial charge in [0.1, 0.15) is 16.6 Å². The second-order valence-electron chi connectivity index (χ2n) is 6.93. The van der Waals surface area contributed by atoms with Crippen molar-refractivity contribution in [1.82, 2.24) is 24.7 Å². The standard InChI is InChI=1S/C22H21N5O4S2/c1-2-30-20(29)9-16-13-32-19(24-16)10-17(28)14-33-22-26-25-21(15-5-3-7-23-11-15)27(22)12-18-6-4-8-31-18/h3-8,11,13H,2,9-10,12,14H2,1H3. The highest BCUT2D eigenvalue weighted by molar-refractivity contribution is 7.99. The molecular weight excluding hydrogens is 462 g/mol. The summed E-state index contributed by atoms with van der Waals surface area (Å²) in [5, 5.41) is 11.7. The normalized spacial score (nSPS) is 10.9. The van der Waals surface area contributed by atoms with E-state index in [0.29, 0.717) is 34.8 Å². The Kier molecular flexibility index (Phi) is 7.63. The van der Waals surface area contributed by atoms with Crippen LogP contribution >= 0.6 is 23.1 Å². The molecular formula is C22H21N5O4S2. The molecule has 170 valence electrons. The summed E-state index contributed by atoms with van der Waals surface area (Å²) in [5.74, 6) is 1.31. The van der Waals surface area contributed by atoms with Crippen LogP contribution < -0.4 is 0 Å². The molecule has 33 heavy (non-hydrogen) atoms. The van der Waals surface area contributed by atoms with Gasteiger partial charge in [-0.25, -0.2) is 4.98 Å². The maximum Gasteiger partial charge on any atom is 0.311 e. The molecule has 0 bridgehead atoms. The van der Waals surface area contributed by atoms with Crippen molar-refractivity contribution in [3.05, 3.63) is 64.8 Å². The van der Waals surface area contributed by atoms with Crippen LogP contribution in [0.5, 0.6) is 0 Å². The molecule has 0 amide bonds. The molecule has 11 heteroatoms. The van der Waals surface area contributed by atoms with E-state index in [1.54, 1.807) is 31.0 Å². The van der Waals surface area contributed by atoms with E-state index in [9.17, 15) is 9.59 Å². The lowest BCUT2D eigenvalue weighted by atomic mass is 10.2. The number of carbonyl (C=O) groups excluding carboxylic acids is 2. The molecule has 0 atom stereocenters. The lowest BCUT2D eigenvalue weighted by molar-refractivity contribution is -0.142. The van der Waals surface area contributed by atoms with Crippen molar-refractivity contribution < 1.29 is 18.7 Å². The van der Waals surface area contributed by atoms with Crippen molar-refractivity contribution in [3.8, 4) is 11.4 Å². The zero-order valence-corrected chi connectivity index (χ0v) is 19.5. The van der Waals surface area contributed by atoms with E-state index in [1.807, 2.05) is 28.8 Å². The molecule has 0 unspecified atom stereocenters. The summed E-state index contributed by atoms with van der Waals surface area (Å²) in [4.78, 5) is 32.7. The Hall–Kier alpha value is -3.31. The third-order valence-corrected chi connectivity index (χ3v) is 6.40. The Bertz CT molecular complexity index is 1200. The first-order valence-electron chi connectivity index (χ1n) is 10.2. The van der Waals surface area contributed by atoms with Gasteiger partial charge in [0.2, 0.25) is 0 Å². The summed E-state index contributed by atoms with van der Waals surface area (Å²) < 4.78 is 12.3. The molecule has 0 aliphatic rings. The Labute approximate surface area is 198 Å². The monoisotopic (exact) mass is 483 g/mol. The molecule has 0 N–H and O–H groups in total. The van der Waals surface area contributed by atoms with Gasteiger partial charge in [-0.2, -0.15) is 0 Å². The summed E-state index contributed by atoms with van der Waals surface area (Å²) in [6.45, 7) is 2.53. The van der Waals surface area contributed by atoms with Crippen LogP contribution in [0.4, 0.5) is 0 Å². The van der Waals surface area contributed by atoms with E-state index in [4.69, 9.17) is 9.15 Å². The molecule has 0 aromatic carbocycles. The highest BCUT2D eigenvalue weighted by Gasteiger charge is 2.18. The number of nitrogens with zero attached hydrogens (tertiary/aromatic N) is 5. The average molecular weight is 484 g/mol. The highest BCUT2D eigenvalue weighted by atomic mass is 32.2. The van der Waals surface area contributed by atoms with E-state index >= 15 is 0 Å². The van der Waals surface area contributed by atoms with Crippen molar-refractivity contribution in [2.24, 2.45) is 0 Å². The molecule has 0 saturated heterocycles. The van der Waals surface area contributed by atoms with Crippen molar-refractivity contribution in [2.45, 2.75) is 31.5 Å². The number of hydrogen-bond donors (Lipinski definition) is 0. The molecule has 0 spiro atoms. The molecule has 4 aromatic heterocycles. The summed E-state index contributed by atoms with van der Waals surface area (Å²) in [6.07, 6.45) is 5.34. The number of esters is 1. The minimum absolute atomic E-state index is 0.00695. The first-order chi connectivity index (χ1) is 16.1. The number of ketones is 1. The molecule has 0 radical (unpaired) electrons. The lowest BCUT2D eigenvalue weighted by Gasteiger charge is -2.08. The first kappa shape index (κ1) is 22.9. The third kappa shape index (κ3) is 6.14. The van der Waals surface area contributed by atoms with Gasteiger partial charge in [-0.05, 0) is 31.2 Å². The van der Waals surface area contributed by atoms with Gasteiger partial charge in [0.25, 0.3) is 0 Å². The number of ether oxygens (including phenoxy) is 1. The molecule has 4 rings (SSSR count). The number of carbonyl (C=O) groups is 2. The second-order valence-corrected chi connectivity index (χ2v) is 8.82. The van der Waals surface area contributed by atoms with Crippen LogP contribution in [0, 0.1) is 0 Å². The number of thioether (sulfide) groups is 1. The van der Waals surface area contributed by atoms with Gasteiger partial charge in [0.05, 0.1) is 43.7 Å². The maximum absolute atomic E-state index is 12.6. The number of Topliss-reactive ketones (excluding diaryl/α,β-unsaturated/α-hetero) is 1. The van der Waals surface area contributed by atoms with Crippen molar-refractivity contribution >= 4 is 34.9 Å². The zero-order chi connectivity index (χ0) is 23.0. The van der Waals surface area contributed by atoms with Crippen LogP contribution in [-0.2, 0) is 33.7 Å². The van der Waals surface area contributed by atoms with E-state index in [-0.39, 0.29) is 30.3 Å². The van der Waals surface area contributed by atoms with Crippen LogP contribution in [-0.4, -0.2) is 48.8 Å². The minimum atomic E-state index is -0.323. The molecule has 0 saturated carbocycles. The molecule has 0 aliphatic heterocycles. The van der Waals surface area contributed by atoms with Gasteiger partial charge in [-0.1, -0.05) is 11.8 Å². The number of aromatic nitrogens is 5. The van der Waals surface area contributed by atoms with E-state index < -0.39 is 0 Å². The summed E-state index contributed by atoms with van der Waals surface area (Å²) in [6, 6.07) is 7.44. The fourth-order valence-electron chi connectivity index (χ4n) is 3.04. The second kappa shape index (κ2) is 11.0. The molecule has 0 aliphatic carbocycles. The van der Waals surface area contributed by atoms with Crippen LogP contribution in [0.25, 0.3) is 11.4 Å². The van der Waals surface area contributed by atoms with E-state index in [1.165, 1.54) is 23.1 Å². The number of rotatable bonds is 11. The average Bonchev–Trinajstić information content (AvgIpc) is 3.56. The summed E-state index contributed by atoms with van der Waals surface area (Å²) >= 11 is 2.68. The number of furan rings is 1. The quantitative estimate of drug-likeness (QED) is 0.234. The summed E-state index contributed by atoms with van der Waals surface area (Å²) in [5.41, 5.74) is 1.44. The predicted molar refractivity (Wildman–Crippen MR) is 123 cm³/mol. The van der Waals surface area contributed by atoms with Gasteiger partial charge in [-0.3, -0.25) is 19.1 Å². The minimum Gasteiger partial charge on any atom is -0.467 e. The smallest absolute Gasteiger partial charge is 0.311 e. The first-order valence-corrected chi connectivity index (χ1v) is 12.1. The van der Waals surface area contributed by atoms with Crippen molar-refractivity contribution in [1.29, 1.82) is 0 Å². The third-order valence-electron chi connectivity index (χ3n) is 4.47. The molecule has 4 aromatic rings. The lowest BCUT2D eigenvalue weighted by Crippen LogP contribution is -2.09. The Morgan fingerprint density at radius 3 is 2.88 bits per heavy atom. The Balaban J connectivity index is 1.41. The fourth-order valence-corrected chi connectivity index (χ4v) is 4.66. The topological polar surface area (TPSA) is 113 Å². The van der Waals surface area contributed by atoms with Gasteiger partial charge >= 0.3 is 5.97 Å². The van der Waals surface area contributed by atoms with Crippen LogP contribution in [0.2, 0.25) is 0 Å². The van der Waals surface area contributed by atoms with Crippen molar-refractivity contribution in [2.75, 3.05) is 12.4 Å². The highest BCUT2D eigenvalue weighted by Crippen LogP contribution is 2.25. The van der Waals surface area contributed by atoms with E-state index in [0.717, 1.165) is 11.3 Å². The van der Waals surface area contributed by atoms with Crippen LogP contribution in [0.15, 0.2) is 57.9 Å². The number of thiazole rings is 1. The van der Waals surface area contributed by atoms with Gasteiger partial charge in [0.15, 0.2) is 11.0 Å².